The molecule has 0 saturated carbocycles. The second-order valence-electron chi connectivity index (χ2n) is 5.68. The third-order valence-electron chi connectivity index (χ3n) is 4.41. The van der Waals surface area contributed by atoms with Gasteiger partial charge in [-0.3, -0.25) is 4.79 Å². The quantitative estimate of drug-likeness (QED) is 0.826. The molecule has 114 valence electrons. The number of carbonyl (C=O) groups is 1. The summed E-state index contributed by atoms with van der Waals surface area (Å²) in [5, 5.41) is 0. The number of anilines is 1. The molecule has 0 radical (unpaired) electrons. The average molecular weight is 289 g/mol. The fraction of sp³-hybridized carbons (Fsp3) is 0.667. The Morgan fingerprint density at radius 1 is 1.10 bits per heavy atom. The van der Waals surface area contributed by atoms with Crippen molar-refractivity contribution >= 4 is 11.7 Å². The van der Waals surface area contributed by atoms with Crippen molar-refractivity contribution in [1.82, 2.24) is 19.8 Å². The Labute approximate surface area is 125 Å². The van der Waals surface area contributed by atoms with Crippen molar-refractivity contribution in [3.63, 3.8) is 0 Å². The first-order valence-corrected chi connectivity index (χ1v) is 7.86. The van der Waals surface area contributed by atoms with Crippen molar-refractivity contribution < 1.29 is 4.79 Å². The van der Waals surface area contributed by atoms with Crippen LogP contribution in [0.5, 0.6) is 0 Å². The minimum Gasteiger partial charge on any atom is -0.357 e. The second-order valence-corrected chi connectivity index (χ2v) is 5.68. The first-order chi connectivity index (χ1) is 10.3. The van der Waals surface area contributed by atoms with E-state index in [2.05, 4.69) is 26.7 Å². The summed E-state index contributed by atoms with van der Waals surface area (Å²) in [7, 11) is 0. The van der Waals surface area contributed by atoms with Crippen molar-refractivity contribution in [3.8, 4) is 0 Å². The molecule has 0 bridgehead atoms. The van der Waals surface area contributed by atoms with Gasteiger partial charge in [-0.1, -0.05) is 6.92 Å². The van der Waals surface area contributed by atoms with Crippen LogP contribution < -0.4 is 4.90 Å². The minimum atomic E-state index is 0.0357. The lowest BCUT2D eigenvalue weighted by molar-refractivity contribution is 0.0637. The molecule has 0 atom stereocenters. The summed E-state index contributed by atoms with van der Waals surface area (Å²) in [6, 6.07) is 1.85. The van der Waals surface area contributed by atoms with E-state index in [9.17, 15) is 4.79 Å². The third-order valence-corrected chi connectivity index (χ3v) is 4.41. The molecule has 0 spiro atoms. The summed E-state index contributed by atoms with van der Waals surface area (Å²) in [6.45, 7) is 8.74. The molecule has 2 aliphatic heterocycles. The summed E-state index contributed by atoms with van der Waals surface area (Å²) < 4.78 is 0. The Kier molecular flexibility index (Phi) is 4.34. The van der Waals surface area contributed by atoms with Crippen LogP contribution in [0.25, 0.3) is 0 Å². The highest BCUT2D eigenvalue weighted by molar-refractivity contribution is 5.93. The molecule has 2 fully saturated rings. The number of rotatable bonds is 3. The summed E-state index contributed by atoms with van der Waals surface area (Å²) in [5.41, 5.74) is 0.525. The fourth-order valence-electron chi connectivity index (χ4n) is 3.01. The Morgan fingerprint density at radius 3 is 2.48 bits per heavy atom. The summed E-state index contributed by atoms with van der Waals surface area (Å²) in [4.78, 5) is 27.5. The lowest BCUT2D eigenvalue weighted by atomic mass is 10.2. The van der Waals surface area contributed by atoms with Gasteiger partial charge in [0.1, 0.15) is 17.8 Å². The first-order valence-electron chi connectivity index (χ1n) is 7.86. The van der Waals surface area contributed by atoms with Crippen LogP contribution in [-0.4, -0.2) is 71.5 Å². The van der Waals surface area contributed by atoms with Gasteiger partial charge in [-0.25, -0.2) is 9.97 Å². The Hall–Kier alpha value is -1.69. The van der Waals surface area contributed by atoms with Gasteiger partial charge >= 0.3 is 0 Å². The van der Waals surface area contributed by atoms with Gasteiger partial charge in [0.05, 0.1) is 0 Å². The van der Waals surface area contributed by atoms with Crippen LogP contribution in [0.15, 0.2) is 12.4 Å². The van der Waals surface area contributed by atoms with E-state index in [1.54, 1.807) is 0 Å². The molecule has 21 heavy (non-hydrogen) atoms. The molecule has 0 unspecified atom stereocenters. The largest absolute Gasteiger partial charge is 0.357 e. The van der Waals surface area contributed by atoms with Crippen LogP contribution in [0.4, 0.5) is 5.82 Å². The lowest BCUT2D eigenvalue weighted by Crippen LogP contribution is -2.48. The topological polar surface area (TPSA) is 52.6 Å². The first kappa shape index (κ1) is 14.3. The second kappa shape index (κ2) is 6.39. The zero-order valence-electron chi connectivity index (χ0n) is 12.7. The molecule has 0 N–H and O–H groups in total. The highest BCUT2D eigenvalue weighted by atomic mass is 16.2. The monoisotopic (exact) mass is 289 g/mol. The standard InChI is InChI=1S/C15H23N5O/c1-2-18-7-9-20(10-8-18)15(21)13-11-14(17-12-16-13)19-5-3-4-6-19/h11-12H,2-10H2,1H3. The number of aromatic nitrogens is 2. The Balaban J connectivity index is 1.68. The van der Waals surface area contributed by atoms with Crippen LogP contribution in [-0.2, 0) is 0 Å². The van der Waals surface area contributed by atoms with E-state index < -0.39 is 0 Å². The van der Waals surface area contributed by atoms with Crippen molar-refractivity contribution in [2.45, 2.75) is 19.8 Å². The minimum absolute atomic E-state index is 0.0357. The van der Waals surface area contributed by atoms with Crippen molar-refractivity contribution in [2.75, 3.05) is 50.7 Å². The van der Waals surface area contributed by atoms with E-state index in [-0.39, 0.29) is 5.91 Å². The van der Waals surface area contributed by atoms with Gasteiger partial charge < -0.3 is 14.7 Å². The van der Waals surface area contributed by atoms with Crippen LogP contribution >= 0.6 is 0 Å². The van der Waals surface area contributed by atoms with Crippen LogP contribution in [0, 0.1) is 0 Å². The molecule has 0 aromatic carbocycles. The maximum absolute atomic E-state index is 12.6. The third kappa shape index (κ3) is 3.15. The predicted molar refractivity (Wildman–Crippen MR) is 81.5 cm³/mol. The summed E-state index contributed by atoms with van der Waals surface area (Å²) in [6.07, 6.45) is 3.92. The zero-order valence-corrected chi connectivity index (χ0v) is 12.7. The van der Waals surface area contributed by atoms with Gasteiger partial charge in [-0.05, 0) is 19.4 Å². The maximum atomic E-state index is 12.6. The molecule has 1 aromatic rings. The molecule has 0 aliphatic carbocycles. The van der Waals surface area contributed by atoms with Gasteiger partial charge in [-0.15, -0.1) is 0 Å². The van der Waals surface area contributed by atoms with Crippen LogP contribution in [0.2, 0.25) is 0 Å². The van der Waals surface area contributed by atoms with Gasteiger partial charge in [0.15, 0.2) is 0 Å². The number of piperazine rings is 1. The highest BCUT2D eigenvalue weighted by Gasteiger charge is 2.23. The highest BCUT2D eigenvalue weighted by Crippen LogP contribution is 2.18. The molecule has 1 amide bonds. The molecular formula is C15H23N5O. The van der Waals surface area contributed by atoms with E-state index in [1.165, 1.54) is 19.2 Å². The zero-order chi connectivity index (χ0) is 14.7. The molecule has 6 heteroatoms. The summed E-state index contributed by atoms with van der Waals surface area (Å²) >= 11 is 0. The number of likely N-dealkylation sites (N-methyl/N-ethyl adjacent to an activating group) is 1. The van der Waals surface area contributed by atoms with Crippen LogP contribution in [0.3, 0.4) is 0 Å². The number of carbonyl (C=O) groups excluding carboxylic acids is 1. The van der Waals surface area contributed by atoms with E-state index >= 15 is 0 Å². The Bertz CT molecular complexity index is 493. The fourth-order valence-corrected chi connectivity index (χ4v) is 3.01. The van der Waals surface area contributed by atoms with E-state index in [4.69, 9.17) is 0 Å². The molecule has 1 aromatic heterocycles. The SMILES string of the molecule is CCN1CCN(C(=O)c2cc(N3CCCC3)ncn2)CC1. The van der Waals surface area contributed by atoms with E-state index in [0.717, 1.165) is 51.6 Å². The Morgan fingerprint density at radius 2 is 1.81 bits per heavy atom. The predicted octanol–water partition coefficient (Wildman–Crippen LogP) is 0.855. The molecule has 6 nitrogen and oxygen atoms in total. The van der Waals surface area contributed by atoms with E-state index in [0.29, 0.717) is 5.69 Å². The summed E-state index contributed by atoms with van der Waals surface area (Å²) in [5.74, 6) is 0.923. The van der Waals surface area contributed by atoms with Crippen molar-refractivity contribution in [2.24, 2.45) is 0 Å². The number of hydrogen-bond acceptors (Lipinski definition) is 5. The smallest absolute Gasteiger partial charge is 0.272 e. The van der Waals surface area contributed by atoms with Crippen LogP contribution in [0.1, 0.15) is 30.3 Å². The van der Waals surface area contributed by atoms with E-state index in [1.807, 2.05) is 11.0 Å². The number of nitrogens with zero attached hydrogens (tertiary/aromatic N) is 5. The van der Waals surface area contributed by atoms with Gasteiger partial charge in [-0.2, -0.15) is 0 Å². The lowest BCUT2D eigenvalue weighted by Gasteiger charge is -2.33. The normalized spacial score (nSPS) is 20.0. The molecule has 3 heterocycles. The molecule has 2 saturated heterocycles. The average Bonchev–Trinajstić information content (AvgIpc) is 3.09. The van der Waals surface area contributed by atoms with Crippen molar-refractivity contribution in [3.05, 3.63) is 18.1 Å². The molecule has 2 aliphatic rings. The van der Waals surface area contributed by atoms with Crippen molar-refractivity contribution in [1.29, 1.82) is 0 Å². The van der Waals surface area contributed by atoms with Gasteiger partial charge in [0, 0.05) is 45.3 Å². The van der Waals surface area contributed by atoms with Gasteiger partial charge in [0.25, 0.3) is 5.91 Å². The molecule has 3 rings (SSSR count). The van der Waals surface area contributed by atoms with Gasteiger partial charge in [0.2, 0.25) is 0 Å². The number of hydrogen-bond donors (Lipinski definition) is 0. The maximum Gasteiger partial charge on any atom is 0.272 e. The number of amides is 1. The molecular weight excluding hydrogens is 266 g/mol.